The summed E-state index contributed by atoms with van der Waals surface area (Å²) in [5.41, 5.74) is 2.01. The summed E-state index contributed by atoms with van der Waals surface area (Å²) in [5, 5.41) is 0.861. The standard InChI is InChI=1S/C20H22N2O3S2/c1-5-15-12(2)10-17(26-15)20(24)25-11-18(23)22(4)13(3)19-21-14-8-6-7-9-16(14)27-19/h6-10,13H,5,11H2,1-4H3/t13-/m0/s1. The van der Waals surface area contributed by atoms with Crippen molar-refractivity contribution in [3.8, 4) is 0 Å². The third-order valence-electron chi connectivity index (χ3n) is 4.51. The lowest BCUT2D eigenvalue weighted by atomic mass is 10.2. The van der Waals surface area contributed by atoms with Crippen molar-refractivity contribution in [1.82, 2.24) is 9.88 Å². The number of rotatable bonds is 6. The fourth-order valence-electron chi connectivity index (χ4n) is 2.72. The largest absolute Gasteiger partial charge is 0.451 e. The van der Waals surface area contributed by atoms with Crippen LogP contribution in [-0.2, 0) is 16.0 Å². The average Bonchev–Trinajstić information content (AvgIpc) is 3.27. The highest BCUT2D eigenvalue weighted by Crippen LogP contribution is 2.29. The van der Waals surface area contributed by atoms with Crippen LogP contribution in [0.5, 0.6) is 0 Å². The first-order valence-electron chi connectivity index (χ1n) is 8.78. The number of likely N-dealkylation sites (N-methyl/N-ethyl adjacent to an activating group) is 1. The molecule has 0 spiro atoms. The van der Waals surface area contributed by atoms with Gasteiger partial charge in [0.15, 0.2) is 6.61 Å². The summed E-state index contributed by atoms with van der Waals surface area (Å²) in [6, 6.07) is 9.52. The van der Waals surface area contributed by atoms with Gasteiger partial charge in [0.05, 0.1) is 16.3 Å². The van der Waals surface area contributed by atoms with Crippen molar-refractivity contribution in [2.45, 2.75) is 33.2 Å². The molecule has 1 amide bonds. The van der Waals surface area contributed by atoms with Crippen LogP contribution in [-0.4, -0.2) is 35.4 Å². The zero-order chi connectivity index (χ0) is 19.6. The lowest BCUT2D eigenvalue weighted by molar-refractivity contribution is -0.135. The molecule has 2 aromatic heterocycles. The van der Waals surface area contributed by atoms with Gasteiger partial charge < -0.3 is 9.64 Å². The van der Waals surface area contributed by atoms with E-state index in [-0.39, 0.29) is 18.6 Å². The third kappa shape index (κ3) is 4.20. The lowest BCUT2D eigenvalue weighted by Crippen LogP contribution is -2.33. The molecule has 0 radical (unpaired) electrons. The minimum Gasteiger partial charge on any atom is -0.451 e. The Hall–Kier alpha value is -2.25. The predicted molar refractivity (Wildman–Crippen MR) is 110 cm³/mol. The smallest absolute Gasteiger partial charge is 0.348 e. The minimum atomic E-state index is -0.447. The van der Waals surface area contributed by atoms with E-state index in [1.165, 1.54) is 11.3 Å². The zero-order valence-corrected chi connectivity index (χ0v) is 17.4. The summed E-state index contributed by atoms with van der Waals surface area (Å²) in [6.45, 7) is 5.68. The van der Waals surface area contributed by atoms with E-state index >= 15 is 0 Å². The highest BCUT2D eigenvalue weighted by molar-refractivity contribution is 7.18. The van der Waals surface area contributed by atoms with Gasteiger partial charge >= 0.3 is 5.97 Å². The van der Waals surface area contributed by atoms with Crippen molar-refractivity contribution in [3.63, 3.8) is 0 Å². The van der Waals surface area contributed by atoms with Crippen LogP contribution >= 0.6 is 22.7 Å². The molecule has 2 heterocycles. The summed E-state index contributed by atoms with van der Waals surface area (Å²) in [5.74, 6) is -0.698. The molecule has 3 rings (SSSR count). The summed E-state index contributed by atoms with van der Waals surface area (Å²) in [6.07, 6.45) is 0.880. The predicted octanol–water partition coefficient (Wildman–Crippen LogP) is 4.61. The van der Waals surface area contributed by atoms with E-state index in [0.717, 1.165) is 32.1 Å². The fraction of sp³-hybridized carbons (Fsp3) is 0.350. The SMILES string of the molecule is CCc1sc(C(=O)OCC(=O)N(C)[C@@H](C)c2nc3ccccc3s2)cc1C. The maximum absolute atomic E-state index is 12.5. The molecule has 0 unspecified atom stereocenters. The van der Waals surface area contributed by atoms with Gasteiger partial charge in [-0.1, -0.05) is 19.1 Å². The van der Waals surface area contributed by atoms with Gasteiger partial charge in [-0.2, -0.15) is 0 Å². The summed E-state index contributed by atoms with van der Waals surface area (Å²) in [7, 11) is 1.71. The first kappa shape index (κ1) is 19.5. The molecule has 0 saturated heterocycles. The van der Waals surface area contributed by atoms with Crippen LogP contribution in [0.1, 0.15) is 45.0 Å². The second-order valence-electron chi connectivity index (χ2n) is 6.35. The number of esters is 1. The Kier molecular flexibility index (Phi) is 5.92. The monoisotopic (exact) mass is 402 g/mol. The molecule has 7 heteroatoms. The molecule has 0 aliphatic carbocycles. The number of para-hydroxylation sites is 1. The summed E-state index contributed by atoms with van der Waals surface area (Å²) in [4.78, 5) is 32.6. The first-order valence-corrected chi connectivity index (χ1v) is 10.4. The third-order valence-corrected chi connectivity index (χ3v) is 7.08. The van der Waals surface area contributed by atoms with Crippen LogP contribution < -0.4 is 0 Å². The number of aromatic nitrogens is 1. The summed E-state index contributed by atoms with van der Waals surface area (Å²) < 4.78 is 6.32. The molecular formula is C20H22N2O3S2. The van der Waals surface area contributed by atoms with Crippen molar-refractivity contribution < 1.29 is 14.3 Å². The quantitative estimate of drug-likeness (QED) is 0.565. The summed E-state index contributed by atoms with van der Waals surface area (Å²) >= 11 is 2.99. The molecule has 27 heavy (non-hydrogen) atoms. The second-order valence-corrected chi connectivity index (χ2v) is 8.55. The number of amides is 1. The van der Waals surface area contributed by atoms with E-state index in [4.69, 9.17) is 4.74 Å². The Labute approximate surface area is 166 Å². The van der Waals surface area contributed by atoms with Crippen LogP contribution in [0.3, 0.4) is 0 Å². The molecular weight excluding hydrogens is 380 g/mol. The fourth-order valence-corrected chi connectivity index (χ4v) is 4.79. The molecule has 0 bridgehead atoms. The van der Waals surface area contributed by atoms with Crippen molar-refractivity contribution in [1.29, 1.82) is 0 Å². The van der Waals surface area contributed by atoms with Crippen LogP contribution in [0, 0.1) is 6.92 Å². The minimum absolute atomic E-state index is 0.190. The van der Waals surface area contributed by atoms with Gasteiger partial charge in [-0.05, 0) is 44.0 Å². The Morgan fingerprint density at radius 1 is 1.26 bits per heavy atom. The van der Waals surface area contributed by atoms with Crippen LogP contribution in [0.25, 0.3) is 10.2 Å². The Morgan fingerprint density at radius 2 is 2.00 bits per heavy atom. The van der Waals surface area contributed by atoms with Crippen molar-refractivity contribution in [2.75, 3.05) is 13.7 Å². The number of benzene rings is 1. The molecule has 0 aliphatic heterocycles. The van der Waals surface area contributed by atoms with Crippen LogP contribution in [0.2, 0.25) is 0 Å². The maximum Gasteiger partial charge on any atom is 0.348 e. The van der Waals surface area contributed by atoms with E-state index < -0.39 is 5.97 Å². The number of nitrogens with zero attached hydrogens (tertiary/aromatic N) is 2. The van der Waals surface area contributed by atoms with Gasteiger partial charge in [-0.25, -0.2) is 9.78 Å². The van der Waals surface area contributed by atoms with E-state index in [9.17, 15) is 9.59 Å². The van der Waals surface area contributed by atoms with Gasteiger partial charge in [-0.3, -0.25) is 4.79 Å². The zero-order valence-electron chi connectivity index (χ0n) is 15.8. The average molecular weight is 403 g/mol. The van der Waals surface area contributed by atoms with E-state index in [1.54, 1.807) is 23.3 Å². The Balaban J connectivity index is 1.61. The molecule has 0 aliphatic rings. The second kappa shape index (κ2) is 8.19. The topological polar surface area (TPSA) is 59.5 Å². The molecule has 142 valence electrons. The van der Waals surface area contributed by atoms with Gasteiger partial charge in [0.2, 0.25) is 0 Å². The molecule has 3 aromatic rings. The van der Waals surface area contributed by atoms with Gasteiger partial charge in [-0.15, -0.1) is 22.7 Å². The lowest BCUT2D eigenvalue weighted by Gasteiger charge is -2.22. The normalized spacial score (nSPS) is 12.1. The molecule has 0 N–H and O–H groups in total. The number of aryl methyl sites for hydroxylation is 2. The Bertz CT molecular complexity index is 944. The Morgan fingerprint density at radius 3 is 2.67 bits per heavy atom. The number of carbonyl (C=O) groups excluding carboxylic acids is 2. The molecule has 1 aromatic carbocycles. The number of fused-ring (bicyclic) bond motifs is 1. The number of hydrogen-bond donors (Lipinski definition) is 0. The number of hydrogen-bond acceptors (Lipinski definition) is 6. The van der Waals surface area contributed by atoms with E-state index in [2.05, 4.69) is 11.9 Å². The number of thiophene rings is 1. The van der Waals surface area contributed by atoms with Crippen molar-refractivity contribution >= 4 is 44.8 Å². The highest BCUT2D eigenvalue weighted by atomic mass is 32.1. The molecule has 1 atom stereocenters. The molecule has 0 saturated carbocycles. The first-order chi connectivity index (χ1) is 12.9. The number of thiazole rings is 1. The van der Waals surface area contributed by atoms with Crippen molar-refractivity contribution in [2.24, 2.45) is 0 Å². The van der Waals surface area contributed by atoms with Crippen molar-refractivity contribution in [3.05, 3.63) is 50.7 Å². The molecule has 0 fully saturated rings. The van der Waals surface area contributed by atoms with Crippen LogP contribution in [0.15, 0.2) is 30.3 Å². The molecule has 5 nitrogen and oxygen atoms in total. The number of carbonyl (C=O) groups is 2. The highest BCUT2D eigenvalue weighted by Gasteiger charge is 2.22. The number of ether oxygens (including phenoxy) is 1. The van der Waals surface area contributed by atoms with Gasteiger partial charge in [0.1, 0.15) is 9.88 Å². The van der Waals surface area contributed by atoms with Gasteiger partial charge in [0, 0.05) is 11.9 Å². The van der Waals surface area contributed by atoms with E-state index in [0.29, 0.717) is 4.88 Å². The van der Waals surface area contributed by atoms with E-state index in [1.807, 2.05) is 44.2 Å². The van der Waals surface area contributed by atoms with Crippen LogP contribution in [0.4, 0.5) is 0 Å². The van der Waals surface area contributed by atoms with Gasteiger partial charge in [0.25, 0.3) is 5.91 Å². The maximum atomic E-state index is 12.5.